The average molecular weight is 290 g/mol. The van der Waals surface area contributed by atoms with Crippen LogP contribution in [0.1, 0.15) is 24.0 Å². The molecule has 0 unspecified atom stereocenters. The molecule has 0 aliphatic heterocycles. The molecular formula is C16H18O5. The second-order valence-corrected chi connectivity index (χ2v) is 5.01. The molecule has 21 heavy (non-hydrogen) atoms. The van der Waals surface area contributed by atoms with Crippen LogP contribution < -0.4 is 0 Å². The molecule has 0 bridgehead atoms. The topological polar surface area (TPSA) is 101 Å². The molecule has 0 aliphatic carbocycles. The Morgan fingerprint density at radius 3 is 1.67 bits per heavy atom. The van der Waals surface area contributed by atoms with Gasteiger partial charge in [0, 0.05) is 0 Å². The third kappa shape index (κ3) is 3.72. The molecule has 5 heteroatoms. The lowest BCUT2D eigenvalue weighted by Crippen LogP contribution is -1.90. The van der Waals surface area contributed by atoms with Crippen LogP contribution in [0.15, 0.2) is 30.3 Å². The highest BCUT2D eigenvalue weighted by Crippen LogP contribution is 2.35. The lowest BCUT2D eigenvalue weighted by molar-refractivity contribution is 0.367. The van der Waals surface area contributed by atoms with Crippen molar-refractivity contribution < 1.29 is 25.5 Å². The van der Waals surface area contributed by atoms with Crippen LogP contribution in [-0.4, -0.2) is 25.5 Å². The molecule has 5 N–H and O–H groups in total. The molecule has 2 aromatic carbocycles. The second kappa shape index (κ2) is 6.26. The van der Waals surface area contributed by atoms with Crippen LogP contribution in [-0.2, 0) is 12.8 Å². The largest absolute Gasteiger partial charge is 0.504 e. The van der Waals surface area contributed by atoms with Crippen molar-refractivity contribution in [3.63, 3.8) is 0 Å². The molecule has 0 saturated heterocycles. The smallest absolute Gasteiger partial charge is 0.200 e. The van der Waals surface area contributed by atoms with Crippen molar-refractivity contribution in [2.24, 2.45) is 0 Å². The van der Waals surface area contributed by atoms with Crippen LogP contribution in [0.25, 0.3) is 0 Å². The maximum atomic E-state index is 9.41. The summed E-state index contributed by atoms with van der Waals surface area (Å²) in [6, 6.07) is 7.62. The first-order chi connectivity index (χ1) is 9.97. The number of phenolic OH excluding ortho intramolecular Hbond substituents is 5. The number of benzene rings is 2. The monoisotopic (exact) mass is 290 g/mol. The highest BCUT2D eigenvalue weighted by atomic mass is 16.3. The summed E-state index contributed by atoms with van der Waals surface area (Å²) in [5.74, 6) is -1.41. The van der Waals surface area contributed by atoms with E-state index >= 15 is 0 Å². The summed E-state index contributed by atoms with van der Waals surface area (Å²) in [5.41, 5.74) is 1.68. The van der Waals surface area contributed by atoms with Gasteiger partial charge in [-0.3, -0.25) is 0 Å². The van der Waals surface area contributed by atoms with E-state index in [1.807, 2.05) is 0 Å². The van der Waals surface area contributed by atoms with Crippen molar-refractivity contribution >= 4 is 0 Å². The van der Waals surface area contributed by atoms with Gasteiger partial charge < -0.3 is 25.5 Å². The van der Waals surface area contributed by atoms with E-state index in [4.69, 9.17) is 0 Å². The number of unbranched alkanes of at least 4 members (excludes halogenated alkanes) is 1. The van der Waals surface area contributed by atoms with Gasteiger partial charge in [0.25, 0.3) is 0 Å². The molecule has 0 spiro atoms. The average Bonchev–Trinajstić information content (AvgIpc) is 2.44. The third-order valence-corrected chi connectivity index (χ3v) is 3.35. The molecule has 112 valence electrons. The van der Waals surface area contributed by atoms with Crippen molar-refractivity contribution in [2.75, 3.05) is 0 Å². The summed E-state index contributed by atoms with van der Waals surface area (Å²) < 4.78 is 0. The van der Waals surface area contributed by atoms with Crippen LogP contribution >= 0.6 is 0 Å². The molecule has 0 heterocycles. The normalized spacial score (nSPS) is 10.7. The van der Waals surface area contributed by atoms with Crippen LogP contribution in [0.2, 0.25) is 0 Å². The summed E-state index contributed by atoms with van der Waals surface area (Å²) >= 11 is 0. The van der Waals surface area contributed by atoms with Crippen molar-refractivity contribution in [3.05, 3.63) is 41.5 Å². The predicted molar refractivity (Wildman–Crippen MR) is 77.9 cm³/mol. The highest BCUT2D eigenvalue weighted by Gasteiger charge is 2.08. The first-order valence-electron chi connectivity index (χ1n) is 6.72. The molecule has 0 aromatic heterocycles. The fourth-order valence-corrected chi connectivity index (χ4v) is 2.19. The molecule has 0 atom stereocenters. The Balaban J connectivity index is 1.86. The van der Waals surface area contributed by atoms with Gasteiger partial charge in [-0.2, -0.15) is 0 Å². The van der Waals surface area contributed by atoms with E-state index in [0.717, 1.165) is 30.4 Å². The van der Waals surface area contributed by atoms with Gasteiger partial charge in [-0.05, 0) is 61.1 Å². The molecule has 2 aromatic rings. The van der Waals surface area contributed by atoms with Gasteiger partial charge in [-0.15, -0.1) is 0 Å². The minimum absolute atomic E-state index is 0.124. The van der Waals surface area contributed by atoms with Crippen LogP contribution in [0.4, 0.5) is 0 Å². The summed E-state index contributed by atoms with van der Waals surface area (Å²) in [4.78, 5) is 0. The number of aromatic hydroxyl groups is 5. The molecular weight excluding hydrogens is 272 g/mol. The Kier molecular flexibility index (Phi) is 4.42. The van der Waals surface area contributed by atoms with Gasteiger partial charge in [0.05, 0.1) is 0 Å². The molecule has 0 fully saturated rings. The number of hydrogen-bond acceptors (Lipinski definition) is 5. The number of phenols is 5. The van der Waals surface area contributed by atoms with Gasteiger partial charge in [0.15, 0.2) is 28.7 Å². The van der Waals surface area contributed by atoms with E-state index in [-0.39, 0.29) is 23.0 Å². The van der Waals surface area contributed by atoms with E-state index in [1.165, 1.54) is 24.3 Å². The maximum Gasteiger partial charge on any atom is 0.200 e. The molecule has 5 nitrogen and oxygen atoms in total. The Morgan fingerprint density at radius 1 is 0.571 bits per heavy atom. The standard InChI is InChI=1S/C16H18O5/c17-12-6-5-10(7-13(12)18)3-1-2-4-11-8-14(19)16(21)15(20)9-11/h5-9,17-21H,1-4H2. The van der Waals surface area contributed by atoms with Crippen LogP contribution in [0.3, 0.4) is 0 Å². The van der Waals surface area contributed by atoms with Gasteiger partial charge in [0.2, 0.25) is 0 Å². The van der Waals surface area contributed by atoms with Gasteiger partial charge in [0.1, 0.15) is 0 Å². The van der Waals surface area contributed by atoms with Crippen molar-refractivity contribution in [1.82, 2.24) is 0 Å². The SMILES string of the molecule is Oc1ccc(CCCCc2cc(O)c(O)c(O)c2)cc1O. The predicted octanol–water partition coefficient (Wildman–Crippen LogP) is 2.78. The first kappa shape index (κ1) is 14.8. The van der Waals surface area contributed by atoms with E-state index in [9.17, 15) is 25.5 Å². The zero-order chi connectivity index (χ0) is 15.4. The minimum atomic E-state index is -0.502. The van der Waals surface area contributed by atoms with Crippen molar-refractivity contribution in [3.8, 4) is 28.7 Å². The Morgan fingerprint density at radius 2 is 1.10 bits per heavy atom. The summed E-state index contributed by atoms with van der Waals surface area (Å²) in [5, 5.41) is 46.7. The zero-order valence-corrected chi connectivity index (χ0v) is 11.5. The third-order valence-electron chi connectivity index (χ3n) is 3.35. The highest BCUT2D eigenvalue weighted by molar-refractivity contribution is 5.51. The van der Waals surface area contributed by atoms with E-state index in [2.05, 4.69) is 0 Å². The number of rotatable bonds is 5. The summed E-state index contributed by atoms with van der Waals surface area (Å²) in [7, 11) is 0. The summed E-state index contributed by atoms with van der Waals surface area (Å²) in [6.07, 6.45) is 3.09. The molecule has 2 rings (SSSR count). The molecule has 0 aliphatic rings. The fraction of sp³-hybridized carbons (Fsp3) is 0.250. The van der Waals surface area contributed by atoms with E-state index in [1.54, 1.807) is 6.07 Å². The van der Waals surface area contributed by atoms with Crippen molar-refractivity contribution in [1.29, 1.82) is 0 Å². The fourth-order valence-electron chi connectivity index (χ4n) is 2.19. The molecule has 0 radical (unpaired) electrons. The lowest BCUT2D eigenvalue weighted by Gasteiger charge is -2.06. The van der Waals surface area contributed by atoms with Gasteiger partial charge in [-0.1, -0.05) is 6.07 Å². The second-order valence-electron chi connectivity index (χ2n) is 5.01. The minimum Gasteiger partial charge on any atom is -0.504 e. The number of aryl methyl sites for hydroxylation is 2. The maximum absolute atomic E-state index is 9.41. The Labute approximate surface area is 122 Å². The zero-order valence-electron chi connectivity index (χ0n) is 11.5. The molecule has 0 saturated carbocycles. The first-order valence-corrected chi connectivity index (χ1v) is 6.72. The van der Waals surface area contributed by atoms with Gasteiger partial charge >= 0.3 is 0 Å². The van der Waals surface area contributed by atoms with E-state index in [0.29, 0.717) is 6.42 Å². The Bertz CT molecular complexity index is 614. The number of hydrogen-bond donors (Lipinski definition) is 5. The van der Waals surface area contributed by atoms with Crippen LogP contribution in [0, 0.1) is 0 Å². The van der Waals surface area contributed by atoms with Crippen molar-refractivity contribution in [2.45, 2.75) is 25.7 Å². The van der Waals surface area contributed by atoms with Gasteiger partial charge in [-0.25, -0.2) is 0 Å². The van der Waals surface area contributed by atoms with Crippen LogP contribution in [0.5, 0.6) is 28.7 Å². The summed E-state index contributed by atoms with van der Waals surface area (Å²) in [6.45, 7) is 0. The quantitative estimate of drug-likeness (QED) is 0.430. The Hall–Kier alpha value is -2.56. The lowest BCUT2D eigenvalue weighted by atomic mass is 10.0. The molecule has 0 amide bonds. The van der Waals surface area contributed by atoms with E-state index < -0.39 is 5.75 Å².